The first-order chi connectivity index (χ1) is 14.1. The summed E-state index contributed by atoms with van der Waals surface area (Å²) in [5.41, 5.74) is 3.64. The van der Waals surface area contributed by atoms with Gasteiger partial charge >= 0.3 is 0 Å². The summed E-state index contributed by atoms with van der Waals surface area (Å²) < 4.78 is 13.1. The van der Waals surface area contributed by atoms with Crippen LogP contribution >= 0.6 is 0 Å². The number of halogens is 1. The van der Waals surface area contributed by atoms with Crippen molar-refractivity contribution in [3.8, 4) is 11.1 Å². The Labute approximate surface area is 169 Å². The van der Waals surface area contributed by atoms with Crippen LogP contribution in [0.2, 0.25) is 0 Å². The van der Waals surface area contributed by atoms with Gasteiger partial charge in [-0.2, -0.15) is 0 Å². The quantitative estimate of drug-likeness (QED) is 0.715. The van der Waals surface area contributed by atoms with Crippen molar-refractivity contribution in [3.63, 3.8) is 0 Å². The number of nitrogens with zero attached hydrogens (tertiary/aromatic N) is 3. The van der Waals surface area contributed by atoms with Gasteiger partial charge in [-0.25, -0.2) is 14.4 Å². The minimum Gasteiger partial charge on any atom is -0.340 e. The summed E-state index contributed by atoms with van der Waals surface area (Å²) in [7, 11) is 0. The van der Waals surface area contributed by atoms with Crippen molar-refractivity contribution in [1.29, 1.82) is 0 Å². The van der Waals surface area contributed by atoms with E-state index in [1.807, 2.05) is 31.2 Å². The number of hydrogen-bond acceptors (Lipinski definition) is 4. The Kier molecular flexibility index (Phi) is 5.51. The molecule has 1 fully saturated rings. The van der Waals surface area contributed by atoms with Crippen molar-refractivity contribution in [2.75, 3.05) is 23.3 Å². The maximum Gasteiger partial charge on any atom is 0.229 e. The number of anilines is 2. The van der Waals surface area contributed by atoms with Crippen LogP contribution in [0.25, 0.3) is 11.1 Å². The Hall–Kier alpha value is -3.28. The van der Waals surface area contributed by atoms with Gasteiger partial charge in [-0.05, 0) is 55.2 Å². The molecule has 2 aromatic carbocycles. The molecule has 1 saturated heterocycles. The summed E-state index contributed by atoms with van der Waals surface area (Å²) >= 11 is 0. The zero-order valence-electron chi connectivity index (χ0n) is 16.3. The Morgan fingerprint density at radius 2 is 1.86 bits per heavy atom. The lowest BCUT2D eigenvalue weighted by atomic mass is 9.97. The number of carbonyl (C=O) groups is 1. The molecule has 1 atom stereocenters. The molecule has 3 aromatic rings. The topological polar surface area (TPSA) is 58.1 Å². The normalized spacial score (nSPS) is 16.5. The lowest BCUT2D eigenvalue weighted by molar-refractivity contribution is -0.120. The minimum atomic E-state index is -0.269. The second-order valence-corrected chi connectivity index (χ2v) is 7.42. The SMILES string of the molecule is Cc1cccc(NC(=O)[C@H]2CCCN(c3ncc(-c4ccc(F)cc4)cn3)C2)c1. The number of nitrogens with one attached hydrogen (secondary N) is 1. The monoisotopic (exact) mass is 390 g/mol. The Morgan fingerprint density at radius 3 is 2.59 bits per heavy atom. The van der Waals surface area contributed by atoms with Crippen molar-refractivity contribution in [1.82, 2.24) is 9.97 Å². The molecule has 4 rings (SSSR count). The molecule has 0 aliphatic carbocycles. The van der Waals surface area contributed by atoms with E-state index < -0.39 is 0 Å². The van der Waals surface area contributed by atoms with Gasteiger partial charge in [-0.15, -0.1) is 0 Å². The molecule has 2 heterocycles. The summed E-state index contributed by atoms with van der Waals surface area (Å²) in [6.07, 6.45) is 5.24. The summed E-state index contributed by atoms with van der Waals surface area (Å²) in [6.45, 7) is 3.42. The molecule has 0 radical (unpaired) electrons. The van der Waals surface area contributed by atoms with Crippen molar-refractivity contribution in [2.45, 2.75) is 19.8 Å². The van der Waals surface area contributed by atoms with Gasteiger partial charge in [0, 0.05) is 36.7 Å². The number of rotatable bonds is 4. The Morgan fingerprint density at radius 1 is 1.10 bits per heavy atom. The fourth-order valence-corrected chi connectivity index (χ4v) is 3.62. The standard InChI is InChI=1S/C23H23FN4O/c1-16-4-2-6-21(12-16)27-22(29)18-5-3-11-28(15-18)23-25-13-19(14-26-23)17-7-9-20(24)10-8-17/h2,4,6-10,12-14,18H,3,5,11,15H2,1H3,(H,27,29)/t18-/m0/s1. The van der Waals surface area contributed by atoms with Gasteiger partial charge in [0.25, 0.3) is 0 Å². The molecule has 1 aromatic heterocycles. The molecular formula is C23H23FN4O. The van der Waals surface area contributed by atoms with Crippen LogP contribution in [0.4, 0.5) is 16.0 Å². The third-order valence-electron chi connectivity index (χ3n) is 5.18. The van der Waals surface area contributed by atoms with Gasteiger partial charge in [0.1, 0.15) is 5.82 Å². The van der Waals surface area contributed by atoms with E-state index in [2.05, 4.69) is 20.2 Å². The largest absolute Gasteiger partial charge is 0.340 e. The fraction of sp³-hybridized carbons (Fsp3) is 0.261. The molecule has 0 spiro atoms. The third kappa shape index (κ3) is 4.59. The highest BCUT2D eigenvalue weighted by molar-refractivity contribution is 5.93. The molecule has 0 unspecified atom stereocenters. The molecule has 29 heavy (non-hydrogen) atoms. The second kappa shape index (κ2) is 8.39. The van der Waals surface area contributed by atoms with Crippen molar-refractivity contribution in [2.24, 2.45) is 5.92 Å². The smallest absolute Gasteiger partial charge is 0.229 e. The van der Waals surface area contributed by atoms with E-state index >= 15 is 0 Å². The fourth-order valence-electron chi connectivity index (χ4n) is 3.62. The molecule has 1 N–H and O–H groups in total. The van der Waals surface area contributed by atoms with Crippen LogP contribution in [0.3, 0.4) is 0 Å². The van der Waals surface area contributed by atoms with E-state index in [0.717, 1.165) is 41.8 Å². The van der Waals surface area contributed by atoms with Crippen molar-refractivity contribution >= 4 is 17.5 Å². The highest BCUT2D eigenvalue weighted by Crippen LogP contribution is 2.24. The Bertz CT molecular complexity index is 989. The predicted molar refractivity (Wildman–Crippen MR) is 112 cm³/mol. The first kappa shape index (κ1) is 19.1. The van der Waals surface area contributed by atoms with Gasteiger partial charge in [-0.1, -0.05) is 24.3 Å². The number of amides is 1. The first-order valence-corrected chi connectivity index (χ1v) is 9.79. The lowest BCUT2D eigenvalue weighted by Crippen LogP contribution is -2.41. The van der Waals surface area contributed by atoms with Crippen LogP contribution < -0.4 is 10.2 Å². The molecular weight excluding hydrogens is 367 g/mol. The van der Waals surface area contributed by atoms with Gasteiger partial charge in [0.2, 0.25) is 11.9 Å². The summed E-state index contributed by atoms with van der Waals surface area (Å²) in [5.74, 6) is 0.270. The zero-order chi connectivity index (χ0) is 20.2. The van der Waals surface area contributed by atoms with Crippen molar-refractivity contribution in [3.05, 3.63) is 72.3 Å². The van der Waals surface area contributed by atoms with Crippen LogP contribution in [0, 0.1) is 18.7 Å². The van der Waals surface area contributed by atoms with Gasteiger partial charge in [-0.3, -0.25) is 4.79 Å². The molecule has 6 heteroatoms. The van der Waals surface area contributed by atoms with Crippen LogP contribution in [0.5, 0.6) is 0 Å². The highest BCUT2D eigenvalue weighted by atomic mass is 19.1. The van der Waals surface area contributed by atoms with Gasteiger partial charge < -0.3 is 10.2 Å². The first-order valence-electron chi connectivity index (χ1n) is 9.79. The number of piperidine rings is 1. The van der Waals surface area contributed by atoms with Crippen LogP contribution in [-0.4, -0.2) is 29.0 Å². The molecule has 1 aliphatic heterocycles. The number of aromatic nitrogens is 2. The highest BCUT2D eigenvalue weighted by Gasteiger charge is 2.27. The average molecular weight is 390 g/mol. The molecule has 1 aliphatic rings. The second-order valence-electron chi connectivity index (χ2n) is 7.42. The molecule has 148 valence electrons. The van der Waals surface area contributed by atoms with E-state index in [-0.39, 0.29) is 17.6 Å². The van der Waals surface area contributed by atoms with E-state index in [1.54, 1.807) is 24.5 Å². The van der Waals surface area contributed by atoms with E-state index in [4.69, 9.17) is 0 Å². The number of benzene rings is 2. The molecule has 1 amide bonds. The number of carbonyl (C=O) groups excluding carboxylic acids is 1. The van der Waals surface area contributed by atoms with Gasteiger partial charge in [0.05, 0.1) is 5.92 Å². The predicted octanol–water partition coefficient (Wildman–Crippen LogP) is 4.45. The van der Waals surface area contributed by atoms with Crippen LogP contribution in [0.1, 0.15) is 18.4 Å². The summed E-state index contributed by atoms with van der Waals surface area (Å²) in [6, 6.07) is 14.1. The minimum absolute atomic E-state index is 0.0308. The molecule has 0 saturated carbocycles. The van der Waals surface area contributed by atoms with Crippen LogP contribution in [0.15, 0.2) is 60.9 Å². The van der Waals surface area contributed by atoms with Crippen molar-refractivity contribution < 1.29 is 9.18 Å². The van der Waals surface area contributed by atoms with E-state index in [0.29, 0.717) is 12.5 Å². The summed E-state index contributed by atoms with van der Waals surface area (Å²) in [5, 5.41) is 3.02. The molecule has 0 bridgehead atoms. The van der Waals surface area contributed by atoms with E-state index in [9.17, 15) is 9.18 Å². The number of hydrogen-bond donors (Lipinski definition) is 1. The summed E-state index contributed by atoms with van der Waals surface area (Å²) in [4.78, 5) is 23.7. The van der Waals surface area contributed by atoms with E-state index in [1.165, 1.54) is 12.1 Å². The Balaban J connectivity index is 1.42. The zero-order valence-corrected chi connectivity index (χ0v) is 16.3. The molecule has 5 nitrogen and oxygen atoms in total. The number of aryl methyl sites for hydroxylation is 1. The maximum atomic E-state index is 13.1. The van der Waals surface area contributed by atoms with Gasteiger partial charge in [0.15, 0.2) is 0 Å². The van der Waals surface area contributed by atoms with Crippen LogP contribution in [-0.2, 0) is 4.79 Å². The third-order valence-corrected chi connectivity index (χ3v) is 5.18. The maximum absolute atomic E-state index is 13.1. The average Bonchev–Trinajstić information content (AvgIpc) is 2.74. The lowest BCUT2D eigenvalue weighted by Gasteiger charge is -2.32.